The second kappa shape index (κ2) is 8.55. The molecule has 1 fully saturated rings. The predicted octanol–water partition coefficient (Wildman–Crippen LogP) is 3.60. The van der Waals surface area contributed by atoms with Gasteiger partial charge < -0.3 is 14.6 Å². The number of hydrogen-bond donors (Lipinski definition) is 1. The third-order valence-corrected chi connectivity index (χ3v) is 6.20. The second-order valence-electron chi connectivity index (χ2n) is 8.27. The number of amides is 1. The van der Waals surface area contributed by atoms with Crippen LogP contribution < -0.4 is 5.32 Å². The van der Waals surface area contributed by atoms with Gasteiger partial charge in [0.25, 0.3) is 11.9 Å². The van der Waals surface area contributed by atoms with Gasteiger partial charge in [0, 0.05) is 24.2 Å². The Morgan fingerprint density at radius 3 is 2.97 bits per heavy atom. The molecule has 1 aliphatic rings. The molecule has 32 heavy (non-hydrogen) atoms. The van der Waals surface area contributed by atoms with E-state index in [0.29, 0.717) is 41.2 Å². The summed E-state index contributed by atoms with van der Waals surface area (Å²) >= 11 is 0. The summed E-state index contributed by atoms with van der Waals surface area (Å²) in [5.41, 5.74) is 2.69. The summed E-state index contributed by atoms with van der Waals surface area (Å²) in [6, 6.07) is 12.1. The number of nitrogens with one attached hydrogen (secondary N) is 1. The average molecular weight is 431 g/mol. The highest BCUT2D eigenvalue weighted by atomic mass is 16.3. The minimum absolute atomic E-state index is 0.122. The summed E-state index contributed by atoms with van der Waals surface area (Å²) in [5, 5.41) is 8.42. The Hall–Kier alpha value is -3.52. The van der Waals surface area contributed by atoms with Crippen LogP contribution in [-0.4, -0.2) is 56.7 Å². The van der Waals surface area contributed by atoms with Crippen molar-refractivity contribution in [2.45, 2.75) is 32.2 Å². The predicted molar refractivity (Wildman–Crippen MR) is 122 cm³/mol. The van der Waals surface area contributed by atoms with Crippen molar-refractivity contribution in [1.29, 1.82) is 0 Å². The van der Waals surface area contributed by atoms with Crippen molar-refractivity contribution < 1.29 is 9.21 Å². The molecule has 1 unspecified atom stereocenters. The number of para-hydroxylation sites is 1. The molecule has 1 atom stereocenters. The maximum Gasteiger partial charge on any atom is 0.254 e. The van der Waals surface area contributed by atoms with Crippen molar-refractivity contribution in [3.05, 3.63) is 60.0 Å². The fourth-order valence-electron chi connectivity index (χ4n) is 4.32. The average Bonchev–Trinajstić information content (AvgIpc) is 3.52. The van der Waals surface area contributed by atoms with Crippen molar-refractivity contribution in [3.63, 3.8) is 0 Å². The van der Waals surface area contributed by atoms with E-state index in [2.05, 4.69) is 32.3 Å². The van der Waals surface area contributed by atoms with E-state index in [1.165, 1.54) is 12.8 Å². The summed E-state index contributed by atoms with van der Waals surface area (Å²) in [6.07, 6.45) is 6.63. The molecule has 0 aliphatic carbocycles. The van der Waals surface area contributed by atoms with Crippen molar-refractivity contribution in [3.8, 4) is 17.4 Å². The fraction of sp³-hybridized carbons (Fsp3) is 0.333. The van der Waals surface area contributed by atoms with Gasteiger partial charge in [-0.2, -0.15) is 5.10 Å². The van der Waals surface area contributed by atoms with Crippen molar-refractivity contribution in [2.24, 2.45) is 0 Å². The van der Waals surface area contributed by atoms with Crippen LogP contribution in [-0.2, 0) is 0 Å². The molecule has 1 N–H and O–H groups in total. The molecule has 1 saturated heterocycles. The normalized spacial score (nSPS) is 16.6. The first-order valence-electron chi connectivity index (χ1n) is 11.0. The SMILES string of the molecule is Cc1c(C(=O)NCCC2CCCN2C)cnn1-c1nccc(-c2cc3ccccc3o2)n1. The molecular weight excluding hydrogens is 404 g/mol. The molecule has 0 bridgehead atoms. The summed E-state index contributed by atoms with van der Waals surface area (Å²) in [6.45, 7) is 3.64. The van der Waals surface area contributed by atoms with E-state index < -0.39 is 0 Å². The lowest BCUT2D eigenvalue weighted by molar-refractivity contribution is 0.0949. The topological polar surface area (TPSA) is 89.1 Å². The molecule has 0 saturated carbocycles. The quantitative estimate of drug-likeness (QED) is 0.503. The van der Waals surface area contributed by atoms with Gasteiger partial charge in [0.1, 0.15) is 11.3 Å². The van der Waals surface area contributed by atoms with Gasteiger partial charge in [-0.1, -0.05) is 18.2 Å². The Bertz CT molecular complexity index is 1230. The van der Waals surface area contributed by atoms with E-state index in [0.717, 1.165) is 23.9 Å². The monoisotopic (exact) mass is 430 g/mol. The minimum atomic E-state index is -0.122. The number of carbonyl (C=O) groups is 1. The molecule has 1 aliphatic heterocycles. The van der Waals surface area contributed by atoms with E-state index >= 15 is 0 Å². The molecular formula is C24H26N6O2. The van der Waals surface area contributed by atoms with Crippen molar-refractivity contribution in [1.82, 2.24) is 30.0 Å². The number of aromatic nitrogens is 4. The molecule has 1 amide bonds. The zero-order valence-electron chi connectivity index (χ0n) is 18.3. The highest BCUT2D eigenvalue weighted by Gasteiger charge is 2.21. The Morgan fingerprint density at radius 2 is 2.16 bits per heavy atom. The minimum Gasteiger partial charge on any atom is -0.454 e. The molecule has 0 radical (unpaired) electrons. The van der Waals surface area contributed by atoms with E-state index in [1.807, 2.05) is 37.3 Å². The van der Waals surface area contributed by atoms with Crippen molar-refractivity contribution >= 4 is 16.9 Å². The van der Waals surface area contributed by atoms with E-state index in [4.69, 9.17) is 4.42 Å². The first kappa shape index (κ1) is 20.4. The maximum absolute atomic E-state index is 12.7. The number of likely N-dealkylation sites (tertiary alicyclic amines) is 1. The van der Waals surface area contributed by atoms with Gasteiger partial charge in [0.2, 0.25) is 0 Å². The van der Waals surface area contributed by atoms with Crippen LogP contribution >= 0.6 is 0 Å². The zero-order chi connectivity index (χ0) is 22.1. The van der Waals surface area contributed by atoms with Gasteiger partial charge in [-0.15, -0.1) is 0 Å². The van der Waals surface area contributed by atoms with Gasteiger partial charge in [-0.25, -0.2) is 14.6 Å². The number of benzene rings is 1. The van der Waals surface area contributed by atoms with Crippen LogP contribution in [0.4, 0.5) is 0 Å². The van der Waals surface area contributed by atoms with Gasteiger partial charge in [-0.3, -0.25) is 4.79 Å². The van der Waals surface area contributed by atoms with Gasteiger partial charge in [0.15, 0.2) is 5.76 Å². The third kappa shape index (κ3) is 3.89. The van der Waals surface area contributed by atoms with Crippen LogP contribution in [0.15, 0.2) is 53.2 Å². The van der Waals surface area contributed by atoms with Gasteiger partial charge >= 0.3 is 0 Å². The van der Waals surface area contributed by atoms with E-state index in [-0.39, 0.29) is 5.91 Å². The molecule has 8 heteroatoms. The van der Waals surface area contributed by atoms with E-state index in [9.17, 15) is 4.79 Å². The number of fused-ring (bicyclic) bond motifs is 1. The summed E-state index contributed by atoms with van der Waals surface area (Å²) < 4.78 is 7.51. The lowest BCUT2D eigenvalue weighted by atomic mass is 10.1. The van der Waals surface area contributed by atoms with Crippen LogP contribution in [0.1, 0.15) is 35.3 Å². The molecule has 1 aromatic carbocycles. The summed E-state index contributed by atoms with van der Waals surface area (Å²) in [4.78, 5) is 24.1. The zero-order valence-corrected chi connectivity index (χ0v) is 18.3. The maximum atomic E-state index is 12.7. The van der Waals surface area contributed by atoms with Crippen LogP contribution in [0.5, 0.6) is 0 Å². The number of furan rings is 1. The smallest absolute Gasteiger partial charge is 0.254 e. The molecule has 4 aromatic rings. The first-order chi connectivity index (χ1) is 15.6. The largest absolute Gasteiger partial charge is 0.454 e. The van der Waals surface area contributed by atoms with Gasteiger partial charge in [-0.05, 0) is 58.0 Å². The molecule has 3 aromatic heterocycles. The Morgan fingerprint density at radius 1 is 1.28 bits per heavy atom. The lowest BCUT2D eigenvalue weighted by Gasteiger charge is -2.19. The van der Waals surface area contributed by atoms with Crippen LogP contribution in [0.2, 0.25) is 0 Å². The van der Waals surface area contributed by atoms with Crippen LogP contribution in [0.25, 0.3) is 28.4 Å². The Balaban J connectivity index is 1.32. The van der Waals surface area contributed by atoms with Gasteiger partial charge in [0.05, 0.1) is 17.5 Å². The fourth-order valence-corrected chi connectivity index (χ4v) is 4.32. The number of rotatable bonds is 6. The third-order valence-electron chi connectivity index (χ3n) is 6.20. The molecule has 0 spiro atoms. The van der Waals surface area contributed by atoms with Crippen LogP contribution in [0.3, 0.4) is 0 Å². The van der Waals surface area contributed by atoms with E-state index in [1.54, 1.807) is 23.1 Å². The highest BCUT2D eigenvalue weighted by molar-refractivity contribution is 5.95. The summed E-state index contributed by atoms with van der Waals surface area (Å²) in [7, 11) is 2.15. The van der Waals surface area contributed by atoms with Crippen LogP contribution in [0, 0.1) is 6.92 Å². The lowest BCUT2D eigenvalue weighted by Crippen LogP contribution is -2.32. The summed E-state index contributed by atoms with van der Waals surface area (Å²) in [5.74, 6) is 0.935. The standard InChI is InChI=1S/C24H26N6O2/c1-16-19(23(31)25-11-9-18-7-5-13-29(18)2)15-27-30(16)24-26-12-10-20(28-24)22-14-17-6-3-4-8-21(17)32-22/h3-4,6,8,10,12,14-15,18H,5,7,9,11,13H2,1-2H3,(H,25,31). The second-order valence-corrected chi connectivity index (χ2v) is 8.27. The molecule has 164 valence electrons. The highest BCUT2D eigenvalue weighted by Crippen LogP contribution is 2.26. The Kier molecular flexibility index (Phi) is 5.45. The first-order valence-corrected chi connectivity index (χ1v) is 11.0. The Labute approximate surface area is 186 Å². The number of carbonyl (C=O) groups excluding carboxylic acids is 1. The molecule has 8 nitrogen and oxygen atoms in total. The molecule has 5 rings (SSSR count). The molecule has 4 heterocycles. The number of nitrogens with zero attached hydrogens (tertiary/aromatic N) is 5. The van der Waals surface area contributed by atoms with Crippen molar-refractivity contribution in [2.75, 3.05) is 20.1 Å². The number of hydrogen-bond acceptors (Lipinski definition) is 6.